The van der Waals surface area contributed by atoms with Gasteiger partial charge in [-0.25, -0.2) is 16.8 Å². The second kappa shape index (κ2) is 8.76. The van der Waals surface area contributed by atoms with Crippen molar-refractivity contribution < 1.29 is 16.8 Å². The maximum absolute atomic E-state index is 12.8. The summed E-state index contributed by atoms with van der Waals surface area (Å²) in [5.74, 6) is -0.253. The smallest absolute Gasteiger partial charge is 0.254 e. The van der Waals surface area contributed by atoms with Crippen LogP contribution < -0.4 is 0 Å². The molecule has 0 aliphatic carbocycles. The molecule has 0 aliphatic heterocycles. The van der Waals surface area contributed by atoms with E-state index in [2.05, 4.69) is 20.4 Å². The molecule has 0 amide bonds. The Hall–Kier alpha value is -3.38. The lowest BCUT2D eigenvalue weighted by molar-refractivity contribution is 0.582. The van der Waals surface area contributed by atoms with E-state index in [1.807, 2.05) is 38.1 Å². The van der Waals surface area contributed by atoms with Crippen LogP contribution >= 0.6 is 0 Å². The van der Waals surface area contributed by atoms with Gasteiger partial charge in [0.1, 0.15) is 0 Å². The van der Waals surface area contributed by atoms with Gasteiger partial charge >= 0.3 is 0 Å². The maximum atomic E-state index is 12.8. The Labute approximate surface area is 198 Å². The average molecular weight is 501 g/mol. The van der Waals surface area contributed by atoms with Crippen LogP contribution in [-0.2, 0) is 19.7 Å². The molecule has 4 rings (SSSR count). The zero-order chi connectivity index (χ0) is 24.7. The van der Waals surface area contributed by atoms with E-state index in [4.69, 9.17) is 0 Å². The predicted molar refractivity (Wildman–Crippen MR) is 127 cm³/mol. The molecule has 0 atom stereocenters. The zero-order valence-electron chi connectivity index (χ0n) is 19.2. The van der Waals surface area contributed by atoms with Crippen molar-refractivity contribution >= 4 is 19.7 Å². The van der Waals surface area contributed by atoms with Gasteiger partial charge in [-0.05, 0) is 38.1 Å². The van der Waals surface area contributed by atoms with Gasteiger partial charge in [0.2, 0.25) is 31.3 Å². The van der Waals surface area contributed by atoms with E-state index in [-0.39, 0.29) is 33.5 Å². The molecule has 178 valence electrons. The molecule has 2 heterocycles. The molecule has 0 bridgehead atoms. The average Bonchev–Trinajstić information content (AvgIpc) is 3.45. The number of sulfone groups is 2. The van der Waals surface area contributed by atoms with Crippen LogP contribution in [0.3, 0.4) is 0 Å². The lowest BCUT2D eigenvalue weighted by Crippen LogP contribution is -2.15. The van der Waals surface area contributed by atoms with Crippen LogP contribution in [0, 0.1) is 13.8 Å². The van der Waals surface area contributed by atoms with Crippen LogP contribution in [0.15, 0.2) is 58.8 Å². The highest BCUT2D eigenvalue weighted by Crippen LogP contribution is 2.29. The van der Waals surface area contributed by atoms with Gasteiger partial charge in [-0.15, -0.1) is 20.4 Å². The van der Waals surface area contributed by atoms with Crippen LogP contribution in [-0.4, -0.2) is 57.9 Å². The van der Waals surface area contributed by atoms with Crippen LogP contribution in [0.5, 0.6) is 0 Å². The van der Waals surface area contributed by atoms with Crippen molar-refractivity contribution in [1.29, 1.82) is 0 Å². The summed E-state index contributed by atoms with van der Waals surface area (Å²) < 4.78 is 54.1. The monoisotopic (exact) mass is 500 g/mol. The molecule has 0 spiro atoms. The summed E-state index contributed by atoms with van der Waals surface area (Å²) in [6.45, 7) is 6.86. The van der Waals surface area contributed by atoms with Crippen molar-refractivity contribution in [2.45, 2.75) is 38.0 Å². The molecule has 2 aromatic carbocycles. The minimum Gasteiger partial charge on any atom is -0.263 e. The number of rotatable bonds is 7. The Kier molecular flexibility index (Phi) is 6.13. The summed E-state index contributed by atoms with van der Waals surface area (Å²) in [6, 6.07) is 14.3. The number of benzene rings is 2. The highest BCUT2D eigenvalue weighted by atomic mass is 32.2. The summed E-state index contributed by atoms with van der Waals surface area (Å²) in [7, 11) is -7.54. The van der Waals surface area contributed by atoms with Crippen molar-refractivity contribution in [2.24, 2.45) is 0 Å². The normalized spacial score (nSPS) is 12.2. The van der Waals surface area contributed by atoms with Crippen molar-refractivity contribution in [2.75, 3.05) is 11.5 Å². The minimum absolute atomic E-state index is 0.0570. The first kappa shape index (κ1) is 23.8. The fourth-order valence-corrected chi connectivity index (χ4v) is 5.13. The molecule has 0 aliphatic rings. The van der Waals surface area contributed by atoms with Crippen LogP contribution in [0.2, 0.25) is 0 Å². The molecule has 10 nitrogen and oxygen atoms in total. The molecule has 0 saturated heterocycles. The van der Waals surface area contributed by atoms with Crippen molar-refractivity contribution in [1.82, 2.24) is 29.5 Å². The van der Waals surface area contributed by atoms with E-state index in [9.17, 15) is 16.8 Å². The lowest BCUT2D eigenvalue weighted by atomic mass is 10.2. The van der Waals surface area contributed by atoms with Crippen molar-refractivity contribution in [3.8, 4) is 23.0 Å². The molecule has 0 unspecified atom stereocenters. The zero-order valence-corrected chi connectivity index (χ0v) is 20.8. The quantitative estimate of drug-likeness (QED) is 0.379. The van der Waals surface area contributed by atoms with E-state index >= 15 is 0 Å². The second-order valence-electron chi connectivity index (χ2n) is 7.76. The summed E-state index contributed by atoms with van der Waals surface area (Å²) in [6.07, 6.45) is 0. The van der Waals surface area contributed by atoms with Gasteiger partial charge in [0.05, 0.1) is 22.9 Å². The lowest BCUT2D eigenvalue weighted by Gasteiger charge is -2.13. The summed E-state index contributed by atoms with van der Waals surface area (Å²) in [4.78, 5) is 0. The Balaban J connectivity index is 2.08. The first-order valence-electron chi connectivity index (χ1n) is 10.6. The largest absolute Gasteiger partial charge is 0.263 e. The summed E-state index contributed by atoms with van der Waals surface area (Å²) in [5, 5.41) is 15.7. The first-order chi connectivity index (χ1) is 16.1. The van der Waals surface area contributed by atoms with Crippen molar-refractivity contribution in [3.05, 3.63) is 59.7 Å². The van der Waals surface area contributed by atoms with Crippen LogP contribution in [0.1, 0.15) is 25.0 Å². The topological polar surface area (TPSA) is 130 Å². The molecular weight excluding hydrogens is 476 g/mol. The Morgan fingerprint density at radius 3 is 1.21 bits per heavy atom. The number of nitrogens with zero attached hydrogens (tertiary/aromatic N) is 6. The molecule has 34 heavy (non-hydrogen) atoms. The molecule has 0 saturated carbocycles. The van der Waals surface area contributed by atoms with Gasteiger partial charge in [0.15, 0.2) is 0 Å². The van der Waals surface area contributed by atoms with E-state index in [1.54, 1.807) is 24.3 Å². The van der Waals surface area contributed by atoms with Gasteiger partial charge in [0, 0.05) is 0 Å². The molecule has 0 radical (unpaired) electrons. The maximum Gasteiger partial charge on any atom is 0.254 e. The highest BCUT2D eigenvalue weighted by molar-refractivity contribution is 7.91. The molecule has 4 aromatic rings. The fourth-order valence-electron chi connectivity index (χ4n) is 3.34. The Morgan fingerprint density at radius 2 is 0.912 bits per heavy atom. The highest BCUT2D eigenvalue weighted by Gasteiger charge is 2.31. The first-order valence-corrected chi connectivity index (χ1v) is 13.9. The van der Waals surface area contributed by atoms with E-state index in [0.717, 1.165) is 11.1 Å². The molecule has 0 fully saturated rings. The minimum atomic E-state index is -3.77. The number of aromatic nitrogens is 6. The third kappa shape index (κ3) is 4.14. The Morgan fingerprint density at radius 1 is 0.588 bits per heavy atom. The summed E-state index contributed by atoms with van der Waals surface area (Å²) in [5.41, 5.74) is 2.96. The van der Waals surface area contributed by atoms with E-state index in [0.29, 0.717) is 11.4 Å². The number of aryl methyl sites for hydroxylation is 2. The van der Waals surface area contributed by atoms with Gasteiger partial charge < -0.3 is 0 Å². The SMILES string of the molecule is CCS(=O)(=O)c1nnc(-c2nnc(S(=O)(=O)CC)n2-c2ccc(C)cc2)n1-c1ccc(C)cc1. The predicted octanol–water partition coefficient (Wildman–Crippen LogP) is 2.72. The van der Waals surface area contributed by atoms with Gasteiger partial charge in [0.25, 0.3) is 10.3 Å². The van der Waals surface area contributed by atoms with Gasteiger partial charge in [-0.3, -0.25) is 9.13 Å². The number of hydrogen-bond acceptors (Lipinski definition) is 8. The van der Waals surface area contributed by atoms with Gasteiger partial charge in [-0.2, -0.15) is 0 Å². The Bertz CT molecular complexity index is 1430. The molecule has 12 heteroatoms. The third-order valence-electron chi connectivity index (χ3n) is 5.37. The third-order valence-corrected chi connectivity index (χ3v) is 8.53. The fraction of sp³-hybridized carbons (Fsp3) is 0.273. The molecular formula is C22H24N6O4S2. The molecule has 0 N–H and O–H groups in total. The van der Waals surface area contributed by atoms with E-state index in [1.165, 1.54) is 23.0 Å². The number of hydrogen-bond donors (Lipinski definition) is 0. The van der Waals surface area contributed by atoms with Crippen molar-refractivity contribution in [3.63, 3.8) is 0 Å². The van der Waals surface area contributed by atoms with Crippen LogP contribution in [0.25, 0.3) is 23.0 Å². The summed E-state index contributed by atoms with van der Waals surface area (Å²) >= 11 is 0. The van der Waals surface area contributed by atoms with Crippen LogP contribution in [0.4, 0.5) is 0 Å². The second-order valence-corrected chi connectivity index (χ2v) is 12.1. The standard InChI is InChI=1S/C22H24N6O4S2/c1-5-33(29,30)21-25-23-19(27(21)17-11-7-15(3)8-12-17)20-24-26-22(34(31,32)6-2)28(20)18-13-9-16(4)10-14-18/h7-14H,5-6H2,1-4H3. The molecule has 2 aromatic heterocycles. The van der Waals surface area contributed by atoms with Gasteiger partial charge in [-0.1, -0.05) is 49.2 Å². The van der Waals surface area contributed by atoms with E-state index < -0.39 is 19.7 Å².